The van der Waals surface area contributed by atoms with Gasteiger partial charge in [0.2, 0.25) is 5.91 Å². The van der Waals surface area contributed by atoms with Crippen LogP contribution in [0, 0.1) is 5.82 Å². The second-order valence-electron chi connectivity index (χ2n) is 8.31. The SMILES string of the molecule is COc1cc2c(cc1CN1CCC(NC(C)=O)(c3ccccc3F)CC1)CCC2. The predicted molar refractivity (Wildman–Crippen MR) is 111 cm³/mol. The zero-order chi connectivity index (χ0) is 20.4. The summed E-state index contributed by atoms with van der Waals surface area (Å²) in [6.45, 7) is 3.89. The van der Waals surface area contributed by atoms with Crippen LogP contribution in [-0.2, 0) is 29.7 Å². The Morgan fingerprint density at radius 1 is 1.17 bits per heavy atom. The third-order valence-corrected chi connectivity index (χ3v) is 6.40. The molecule has 0 saturated carbocycles. The molecule has 154 valence electrons. The summed E-state index contributed by atoms with van der Waals surface area (Å²) in [5.41, 5.74) is 4.01. The first-order valence-electron chi connectivity index (χ1n) is 10.5. The first-order valence-corrected chi connectivity index (χ1v) is 10.5. The molecule has 1 aliphatic heterocycles. The summed E-state index contributed by atoms with van der Waals surface area (Å²) < 4.78 is 20.2. The van der Waals surface area contributed by atoms with Crippen molar-refractivity contribution in [2.24, 2.45) is 0 Å². The van der Waals surface area contributed by atoms with Gasteiger partial charge in [-0.25, -0.2) is 4.39 Å². The molecule has 4 nitrogen and oxygen atoms in total. The van der Waals surface area contributed by atoms with Gasteiger partial charge in [-0.05, 0) is 55.4 Å². The molecule has 1 amide bonds. The minimum absolute atomic E-state index is 0.123. The largest absolute Gasteiger partial charge is 0.496 e. The molecule has 29 heavy (non-hydrogen) atoms. The molecule has 0 atom stereocenters. The van der Waals surface area contributed by atoms with E-state index in [0.29, 0.717) is 18.4 Å². The van der Waals surface area contributed by atoms with Crippen LogP contribution in [0.25, 0.3) is 0 Å². The van der Waals surface area contributed by atoms with Crippen LogP contribution in [0.15, 0.2) is 36.4 Å². The van der Waals surface area contributed by atoms with Gasteiger partial charge in [0.15, 0.2) is 0 Å². The molecule has 4 rings (SSSR count). The summed E-state index contributed by atoms with van der Waals surface area (Å²) in [5.74, 6) is 0.579. The molecule has 0 radical (unpaired) electrons. The van der Waals surface area contributed by atoms with Gasteiger partial charge in [-0.2, -0.15) is 0 Å². The van der Waals surface area contributed by atoms with E-state index in [1.54, 1.807) is 19.2 Å². The smallest absolute Gasteiger partial charge is 0.217 e. The standard InChI is InChI=1S/C24H29FN2O2/c1-17(28)26-24(21-8-3-4-9-22(21)25)10-12-27(13-11-24)16-20-14-18-6-5-7-19(18)15-23(20)29-2/h3-4,8-9,14-15H,5-7,10-13,16H2,1-2H3,(H,26,28). The van der Waals surface area contributed by atoms with Crippen molar-refractivity contribution >= 4 is 5.91 Å². The number of carbonyl (C=O) groups excluding carboxylic acids is 1. The molecule has 0 aromatic heterocycles. The summed E-state index contributed by atoms with van der Waals surface area (Å²) >= 11 is 0. The Kier molecular flexibility index (Phi) is 5.59. The Labute approximate surface area is 172 Å². The van der Waals surface area contributed by atoms with Crippen molar-refractivity contribution in [3.8, 4) is 5.75 Å². The molecular formula is C24H29FN2O2. The number of methoxy groups -OCH3 is 1. The lowest BCUT2D eigenvalue weighted by molar-refractivity contribution is -0.121. The fourth-order valence-electron chi connectivity index (χ4n) is 4.95. The minimum Gasteiger partial charge on any atom is -0.496 e. The molecule has 2 aromatic rings. The number of benzene rings is 2. The molecule has 0 spiro atoms. The second kappa shape index (κ2) is 8.15. The Morgan fingerprint density at radius 2 is 1.86 bits per heavy atom. The van der Waals surface area contributed by atoms with E-state index < -0.39 is 5.54 Å². The molecule has 0 unspecified atom stereocenters. The van der Waals surface area contributed by atoms with Crippen molar-refractivity contribution < 1.29 is 13.9 Å². The molecule has 1 fully saturated rings. The minimum atomic E-state index is -0.643. The average Bonchev–Trinajstić information content (AvgIpc) is 3.16. The van der Waals surface area contributed by atoms with Gasteiger partial charge >= 0.3 is 0 Å². The highest BCUT2D eigenvalue weighted by Crippen LogP contribution is 2.36. The summed E-state index contributed by atoms with van der Waals surface area (Å²) in [6.07, 6.45) is 4.86. The summed E-state index contributed by atoms with van der Waals surface area (Å²) in [4.78, 5) is 14.3. The maximum atomic E-state index is 14.6. The molecule has 0 bridgehead atoms. The monoisotopic (exact) mass is 396 g/mol. The highest BCUT2D eigenvalue weighted by Gasteiger charge is 2.38. The number of piperidine rings is 1. The fourth-order valence-corrected chi connectivity index (χ4v) is 4.95. The molecule has 2 aliphatic rings. The van der Waals surface area contributed by atoms with Gasteiger partial charge in [-0.15, -0.1) is 0 Å². The summed E-state index contributed by atoms with van der Waals surface area (Å²) in [7, 11) is 1.73. The number of hydrogen-bond donors (Lipinski definition) is 1. The van der Waals surface area contributed by atoms with E-state index in [1.165, 1.54) is 36.1 Å². The Morgan fingerprint density at radius 3 is 2.52 bits per heavy atom. The Bertz CT molecular complexity index is 904. The van der Waals surface area contributed by atoms with Crippen LogP contribution in [0.5, 0.6) is 5.75 Å². The number of likely N-dealkylation sites (tertiary alicyclic amines) is 1. The van der Waals surface area contributed by atoms with E-state index >= 15 is 0 Å². The molecule has 1 heterocycles. The van der Waals surface area contributed by atoms with E-state index in [2.05, 4.69) is 22.3 Å². The van der Waals surface area contributed by atoms with E-state index in [9.17, 15) is 9.18 Å². The van der Waals surface area contributed by atoms with Gasteiger partial charge in [0.1, 0.15) is 11.6 Å². The van der Waals surface area contributed by atoms with Crippen LogP contribution < -0.4 is 10.1 Å². The third-order valence-electron chi connectivity index (χ3n) is 6.40. The van der Waals surface area contributed by atoms with Crippen molar-refractivity contribution in [1.29, 1.82) is 0 Å². The van der Waals surface area contributed by atoms with Gasteiger partial charge < -0.3 is 10.1 Å². The molecular weight excluding hydrogens is 367 g/mol. The molecule has 1 aliphatic carbocycles. The first kappa shape index (κ1) is 19.9. The number of halogens is 1. The predicted octanol–water partition coefficient (Wildman–Crippen LogP) is 3.95. The van der Waals surface area contributed by atoms with Crippen LogP contribution in [0.4, 0.5) is 4.39 Å². The summed E-state index contributed by atoms with van der Waals surface area (Å²) in [6, 6.07) is 11.3. The average molecular weight is 397 g/mol. The quantitative estimate of drug-likeness (QED) is 0.832. The van der Waals surface area contributed by atoms with Crippen LogP contribution in [0.3, 0.4) is 0 Å². The topological polar surface area (TPSA) is 41.6 Å². The molecule has 1 saturated heterocycles. The van der Waals surface area contributed by atoms with Crippen LogP contribution in [0.2, 0.25) is 0 Å². The lowest BCUT2D eigenvalue weighted by atomic mass is 9.80. The van der Waals surface area contributed by atoms with Crippen molar-refractivity contribution in [1.82, 2.24) is 10.2 Å². The van der Waals surface area contributed by atoms with E-state index in [-0.39, 0.29) is 11.7 Å². The number of hydrogen-bond acceptors (Lipinski definition) is 3. The number of rotatable bonds is 5. The van der Waals surface area contributed by atoms with Crippen molar-refractivity contribution in [3.05, 3.63) is 64.5 Å². The van der Waals surface area contributed by atoms with E-state index in [1.807, 2.05) is 6.07 Å². The van der Waals surface area contributed by atoms with Gasteiger partial charge in [0, 0.05) is 37.7 Å². The normalized spacial score (nSPS) is 18.3. The highest BCUT2D eigenvalue weighted by atomic mass is 19.1. The fraction of sp³-hybridized carbons (Fsp3) is 0.458. The number of aryl methyl sites for hydroxylation is 2. The number of nitrogens with zero attached hydrogens (tertiary/aromatic N) is 1. The molecule has 5 heteroatoms. The lowest BCUT2D eigenvalue weighted by Gasteiger charge is -2.43. The zero-order valence-electron chi connectivity index (χ0n) is 17.3. The van der Waals surface area contributed by atoms with Crippen molar-refractivity contribution in [3.63, 3.8) is 0 Å². The number of ether oxygens (including phenoxy) is 1. The molecule has 2 aromatic carbocycles. The van der Waals surface area contributed by atoms with Gasteiger partial charge in [-0.1, -0.05) is 24.3 Å². The summed E-state index contributed by atoms with van der Waals surface area (Å²) in [5, 5.41) is 3.06. The van der Waals surface area contributed by atoms with Gasteiger partial charge in [-0.3, -0.25) is 9.69 Å². The lowest BCUT2D eigenvalue weighted by Crippen LogP contribution is -2.52. The number of carbonyl (C=O) groups is 1. The Hall–Kier alpha value is -2.40. The first-order chi connectivity index (χ1) is 14.0. The second-order valence-corrected chi connectivity index (χ2v) is 8.31. The van der Waals surface area contributed by atoms with Gasteiger partial charge in [0.25, 0.3) is 0 Å². The molecule has 1 N–H and O–H groups in total. The number of fused-ring (bicyclic) bond motifs is 1. The van der Waals surface area contributed by atoms with Crippen molar-refractivity contribution in [2.75, 3.05) is 20.2 Å². The maximum absolute atomic E-state index is 14.6. The Balaban J connectivity index is 1.52. The number of amides is 1. The number of nitrogens with one attached hydrogen (secondary N) is 1. The van der Waals surface area contributed by atoms with E-state index in [4.69, 9.17) is 4.74 Å². The third kappa shape index (κ3) is 4.01. The van der Waals surface area contributed by atoms with Gasteiger partial charge in [0.05, 0.1) is 12.6 Å². The van der Waals surface area contributed by atoms with Crippen LogP contribution in [-0.4, -0.2) is 31.0 Å². The van der Waals surface area contributed by atoms with Crippen molar-refractivity contribution in [2.45, 2.75) is 51.1 Å². The maximum Gasteiger partial charge on any atom is 0.217 e. The highest BCUT2D eigenvalue weighted by molar-refractivity contribution is 5.74. The van der Waals surface area contributed by atoms with E-state index in [0.717, 1.165) is 38.2 Å². The van der Waals surface area contributed by atoms with Crippen LogP contribution >= 0.6 is 0 Å². The zero-order valence-corrected chi connectivity index (χ0v) is 17.3. The van der Waals surface area contributed by atoms with Crippen LogP contribution in [0.1, 0.15) is 48.4 Å².